The first-order chi connectivity index (χ1) is 15.2. The maximum Gasteiger partial charge on any atom is 0.254 e. The number of fused-ring (bicyclic) bond motifs is 7. The van der Waals surface area contributed by atoms with Gasteiger partial charge in [-0.3, -0.25) is 14.5 Å². The molecule has 0 unspecified atom stereocenters. The molecule has 31 heavy (non-hydrogen) atoms. The molecule has 3 fully saturated rings. The van der Waals surface area contributed by atoms with E-state index in [4.69, 9.17) is 0 Å². The van der Waals surface area contributed by atoms with Crippen molar-refractivity contribution in [3.05, 3.63) is 47.0 Å². The van der Waals surface area contributed by atoms with Gasteiger partial charge in [0.05, 0.1) is 6.04 Å². The van der Waals surface area contributed by atoms with Gasteiger partial charge in [0.15, 0.2) is 0 Å². The lowest BCUT2D eigenvalue weighted by Gasteiger charge is -2.54. The fourth-order valence-corrected chi connectivity index (χ4v) is 7.12. The number of piperidine rings is 3. The van der Waals surface area contributed by atoms with Crippen LogP contribution in [0.1, 0.15) is 60.9 Å². The van der Waals surface area contributed by atoms with Crippen molar-refractivity contribution in [1.82, 2.24) is 14.7 Å². The van der Waals surface area contributed by atoms with Crippen LogP contribution in [0.4, 0.5) is 0 Å². The molecule has 1 aromatic rings. The van der Waals surface area contributed by atoms with E-state index in [0.29, 0.717) is 37.4 Å². The molecule has 1 aromatic carbocycles. The number of carbonyl (C=O) groups is 2. The summed E-state index contributed by atoms with van der Waals surface area (Å²) in [5.74, 6) is 1.59. The van der Waals surface area contributed by atoms with Crippen LogP contribution >= 0.6 is 0 Å². The lowest BCUT2D eigenvalue weighted by atomic mass is 9.68. The minimum atomic E-state index is 0.0755. The van der Waals surface area contributed by atoms with E-state index in [1.165, 1.54) is 37.8 Å². The number of amides is 2. The molecule has 6 rings (SSSR count). The summed E-state index contributed by atoms with van der Waals surface area (Å²) in [6.07, 6.45) is 10.5. The predicted octanol–water partition coefficient (Wildman–Crippen LogP) is 3.45. The highest BCUT2D eigenvalue weighted by molar-refractivity contribution is 5.98. The summed E-state index contributed by atoms with van der Waals surface area (Å²) in [5, 5.41) is 0. The van der Waals surface area contributed by atoms with Gasteiger partial charge in [0.2, 0.25) is 5.91 Å². The van der Waals surface area contributed by atoms with E-state index in [1.807, 2.05) is 29.2 Å². The van der Waals surface area contributed by atoms with Gasteiger partial charge in [-0.05, 0) is 62.1 Å². The Morgan fingerprint density at radius 3 is 2.90 bits per heavy atom. The van der Waals surface area contributed by atoms with Crippen LogP contribution in [0.5, 0.6) is 0 Å². The molecule has 164 valence electrons. The van der Waals surface area contributed by atoms with Crippen LogP contribution in [0.25, 0.3) is 0 Å². The number of hydrogen-bond acceptors (Lipinski definition) is 3. The number of rotatable bonds is 3. The van der Waals surface area contributed by atoms with Crippen LogP contribution < -0.4 is 0 Å². The molecule has 0 aromatic heterocycles. The summed E-state index contributed by atoms with van der Waals surface area (Å²) in [6.45, 7) is 4.43. The van der Waals surface area contributed by atoms with Crippen molar-refractivity contribution < 1.29 is 9.59 Å². The lowest BCUT2D eigenvalue weighted by Crippen LogP contribution is -2.60. The van der Waals surface area contributed by atoms with E-state index < -0.39 is 0 Å². The maximum absolute atomic E-state index is 13.4. The molecule has 4 heterocycles. The van der Waals surface area contributed by atoms with Crippen LogP contribution in [-0.2, 0) is 11.3 Å². The lowest BCUT2D eigenvalue weighted by molar-refractivity contribution is -0.136. The minimum Gasteiger partial charge on any atom is -0.336 e. The molecule has 5 aliphatic rings. The zero-order valence-electron chi connectivity index (χ0n) is 18.3. The average molecular weight is 420 g/mol. The quantitative estimate of drug-likeness (QED) is 0.705. The summed E-state index contributed by atoms with van der Waals surface area (Å²) < 4.78 is 0. The van der Waals surface area contributed by atoms with E-state index in [9.17, 15) is 9.59 Å². The van der Waals surface area contributed by atoms with E-state index in [2.05, 4.69) is 15.9 Å². The number of carbonyl (C=O) groups excluding carboxylic acids is 2. The van der Waals surface area contributed by atoms with Gasteiger partial charge in [-0.15, -0.1) is 0 Å². The Hall–Kier alpha value is -2.14. The third kappa shape index (κ3) is 3.32. The second-order valence-electron chi connectivity index (χ2n) is 10.2. The zero-order valence-corrected chi connectivity index (χ0v) is 18.3. The van der Waals surface area contributed by atoms with E-state index >= 15 is 0 Å². The monoisotopic (exact) mass is 419 g/mol. The molecule has 0 radical (unpaired) electrons. The molecular formula is C26H33N3O2. The molecule has 3 saturated heterocycles. The van der Waals surface area contributed by atoms with Gasteiger partial charge >= 0.3 is 0 Å². The van der Waals surface area contributed by atoms with Crippen molar-refractivity contribution in [2.75, 3.05) is 26.2 Å². The van der Waals surface area contributed by atoms with Crippen LogP contribution in [0.3, 0.4) is 0 Å². The summed E-state index contributed by atoms with van der Waals surface area (Å²) in [7, 11) is 0. The highest BCUT2D eigenvalue weighted by Gasteiger charge is 2.46. The second-order valence-corrected chi connectivity index (χ2v) is 10.2. The normalized spacial score (nSPS) is 32.3. The molecule has 1 aliphatic carbocycles. The maximum atomic E-state index is 13.4. The van der Waals surface area contributed by atoms with Gasteiger partial charge in [0, 0.05) is 44.2 Å². The molecule has 0 N–H and O–H groups in total. The fourth-order valence-electron chi connectivity index (χ4n) is 7.12. The molecule has 4 aliphatic heterocycles. The highest BCUT2D eigenvalue weighted by atomic mass is 16.2. The van der Waals surface area contributed by atoms with Crippen molar-refractivity contribution in [1.29, 1.82) is 0 Å². The molecule has 5 nitrogen and oxygen atoms in total. The largest absolute Gasteiger partial charge is 0.336 e. The van der Waals surface area contributed by atoms with E-state index in [0.717, 1.165) is 43.1 Å². The first-order valence-corrected chi connectivity index (χ1v) is 12.3. The van der Waals surface area contributed by atoms with Crippen LogP contribution in [0, 0.1) is 11.8 Å². The van der Waals surface area contributed by atoms with Gasteiger partial charge in [0.1, 0.15) is 0 Å². The summed E-state index contributed by atoms with van der Waals surface area (Å²) in [4.78, 5) is 32.8. The third-order valence-electron chi connectivity index (χ3n) is 8.47. The molecule has 2 bridgehead atoms. The van der Waals surface area contributed by atoms with Crippen LogP contribution in [-0.4, -0.2) is 64.8 Å². The summed E-state index contributed by atoms with van der Waals surface area (Å²) in [6, 6.07) is 8.86. The number of likely N-dealkylation sites (tertiary alicyclic amines) is 1. The Morgan fingerprint density at radius 1 is 1.10 bits per heavy atom. The van der Waals surface area contributed by atoms with Gasteiger partial charge in [-0.1, -0.05) is 36.3 Å². The summed E-state index contributed by atoms with van der Waals surface area (Å²) in [5.41, 5.74) is 3.42. The third-order valence-corrected chi connectivity index (χ3v) is 8.47. The molecule has 4 atom stereocenters. The first-order valence-electron chi connectivity index (χ1n) is 12.3. The Bertz CT molecular complexity index is 925. The minimum absolute atomic E-state index is 0.0755. The molecule has 0 spiro atoms. The SMILES string of the molecule is O=C1c2ccccc2CN1CCC(=O)N1CCCC2=C[C@H]3C[C@H](CN4CCCC[C@H]34)[C@@H]21. The van der Waals surface area contributed by atoms with Crippen molar-refractivity contribution in [3.8, 4) is 0 Å². The van der Waals surface area contributed by atoms with Gasteiger partial charge in [-0.25, -0.2) is 0 Å². The number of hydrogen-bond donors (Lipinski definition) is 0. The van der Waals surface area contributed by atoms with E-state index in [1.54, 1.807) is 0 Å². The summed E-state index contributed by atoms with van der Waals surface area (Å²) >= 11 is 0. The first kappa shape index (κ1) is 19.5. The Morgan fingerprint density at radius 2 is 2.00 bits per heavy atom. The van der Waals surface area contributed by atoms with Gasteiger partial charge in [0.25, 0.3) is 5.91 Å². The molecule has 2 amide bonds. The second kappa shape index (κ2) is 7.77. The Labute approximate surface area is 185 Å². The number of benzene rings is 1. The molecule has 0 saturated carbocycles. The van der Waals surface area contributed by atoms with Crippen molar-refractivity contribution in [2.45, 2.75) is 63.6 Å². The van der Waals surface area contributed by atoms with E-state index in [-0.39, 0.29) is 11.8 Å². The van der Waals surface area contributed by atoms with Crippen molar-refractivity contribution in [2.24, 2.45) is 11.8 Å². The predicted molar refractivity (Wildman–Crippen MR) is 119 cm³/mol. The zero-order chi connectivity index (χ0) is 20.9. The van der Waals surface area contributed by atoms with Crippen molar-refractivity contribution >= 4 is 11.8 Å². The van der Waals surface area contributed by atoms with Gasteiger partial charge in [-0.2, -0.15) is 0 Å². The Kier molecular flexibility index (Phi) is 4.90. The molecule has 5 heteroatoms. The van der Waals surface area contributed by atoms with Gasteiger partial charge < -0.3 is 9.80 Å². The fraction of sp³-hybridized carbons (Fsp3) is 0.615. The topological polar surface area (TPSA) is 43.9 Å². The van der Waals surface area contributed by atoms with Crippen LogP contribution in [0.2, 0.25) is 0 Å². The average Bonchev–Trinajstić information content (AvgIpc) is 3.13. The smallest absolute Gasteiger partial charge is 0.254 e. The Balaban J connectivity index is 1.15. The molecular weight excluding hydrogens is 386 g/mol. The van der Waals surface area contributed by atoms with Crippen molar-refractivity contribution in [3.63, 3.8) is 0 Å². The highest BCUT2D eigenvalue weighted by Crippen LogP contribution is 2.45. The number of nitrogens with zero attached hydrogens (tertiary/aromatic N) is 3. The standard InChI is InChI=1S/C26H33N3O2/c30-24(10-13-28-16-19-6-1-2-8-22(19)26(28)31)29-12-5-7-18-14-20-15-21(25(18)29)17-27-11-4-3-9-23(20)27/h1-2,6,8,14,20-21,23,25H,3-5,7,9-13,15-17H2/t20-,21+,23+,25+/m0/s1. The van der Waals surface area contributed by atoms with Crippen LogP contribution in [0.15, 0.2) is 35.9 Å².